The molecule has 5 atom stereocenters. The molecule has 2 aromatic rings. The molecule has 2 N–H and O–H groups in total. The molecule has 0 amide bonds. The van der Waals surface area contributed by atoms with Crippen LogP contribution in [0.1, 0.15) is 42.4 Å². The SMILES string of the molecule is CCCCO.C[N+]1(C)[C@@H]2CC(OC(=O)C(O)(c3cccs3)c3cccs3)C[C@H]1[C@@H]1O[C@@H]12.[Br-]. The Balaban J connectivity index is 0.000000438. The van der Waals surface area contributed by atoms with Gasteiger partial charge in [0, 0.05) is 19.4 Å². The lowest BCUT2D eigenvalue weighted by Crippen LogP contribution is -3.00. The number of fused-ring (bicyclic) bond motifs is 5. The van der Waals surface area contributed by atoms with Crippen LogP contribution in [0.5, 0.6) is 0 Å². The molecular formula is C23H32BrNO5S2. The summed E-state index contributed by atoms with van der Waals surface area (Å²) in [4.78, 5) is 14.3. The highest BCUT2D eigenvalue weighted by Gasteiger charge is 2.71. The lowest BCUT2D eigenvalue weighted by molar-refractivity contribution is -0.938. The highest BCUT2D eigenvalue weighted by atomic mass is 79.9. The number of epoxide rings is 1. The van der Waals surface area contributed by atoms with Gasteiger partial charge in [0.05, 0.1) is 23.8 Å². The van der Waals surface area contributed by atoms with Crippen molar-refractivity contribution in [3.63, 3.8) is 0 Å². The molecule has 32 heavy (non-hydrogen) atoms. The highest BCUT2D eigenvalue weighted by molar-refractivity contribution is 7.12. The summed E-state index contributed by atoms with van der Waals surface area (Å²) in [5.41, 5.74) is -1.72. The predicted octanol–water partition coefficient (Wildman–Crippen LogP) is 0.129. The van der Waals surface area contributed by atoms with Crippen LogP contribution in [0.2, 0.25) is 0 Å². The molecule has 3 saturated heterocycles. The maximum Gasteiger partial charge on any atom is 0.349 e. The monoisotopic (exact) mass is 545 g/mol. The molecule has 0 radical (unpaired) electrons. The number of carbonyl (C=O) groups excluding carboxylic acids is 1. The third-order valence-corrected chi connectivity index (χ3v) is 8.83. The molecule has 0 aromatic carbocycles. The first-order valence-corrected chi connectivity index (χ1v) is 12.7. The van der Waals surface area contributed by atoms with E-state index < -0.39 is 11.6 Å². The second-order valence-electron chi connectivity index (χ2n) is 9.07. The summed E-state index contributed by atoms with van der Waals surface area (Å²) in [7, 11) is 4.49. The first-order valence-electron chi connectivity index (χ1n) is 10.9. The van der Waals surface area contributed by atoms with E-state index in [0.29, 0.717) is 40.7 Å². The maximum absolute atomic E-state index is 13.1. The largest absolute Gasteiger partial charge is 1.00 e. The minimum absolute atomic E-state index is 0. The van der Waals surface area contributed by atoms with Crippen molar-refractivity contribution in [2.24, 2.45) is 0 Å². The average molecular weight is 547 g/mol. The molecule has 3 fully saturated rings. The fourth-order valence-corrected chi connectivity index (χ4v) is 6.70. The number of aliphatic hydroxyl groups excluding tert-OH is 1. The fourth-order valence-electron chi connectivity index (χ4n) is 4.99. The Morgan fingerprint density at radius 1 is 1.16 bits per heavy atom. The van der Waals surface area contributed by atoms with Crippen LogP contribution < -0.4 is 17.0 Å². The van der Waals surface area contributed by atoms with Gasteiger partial charge in [-0.3, -0.25) is 0 Å². The molecule has 0 aliphatic carbocycles. The van der Waals surface area contributed by atoms with Crippen molar-refractivity contribution in [2.75, 3.05) is 20.7 Å². The van der Waals surface area contributed by atoms with E-state index in [4.69, 9.17) is 14.6 Å². The summed E-state index contributed by atoms with van der Waals surface area (Å²) in [6.45, 7) is 2.40. The summed E-state index contributed by atoms with van der Waals surface area (Å²) < 4.78 is 12.6. The Morgan fingerprint density at radius 2 is 1.69 bits per heavy atom. The van der Waals surface area contributed by atoms with Gasteiger partial charge in [-0.05, 0) is 29.3 Å². The minimum atomic E-state index is -1.72. The zero-order valence-corrected chi connectivity index (χ0v) is 21.9. The Hall–Kier alpha value is -0.810. The second-order valence-corrected chi connectivity index (χ2v) is 11.0. The summed E-state index contributed by atoms with van der Waals surface area (Å²) in [6, 6.07) is 8.01. The summed E-state index contributed by atoms with van der Waals surface area (Å²) >= 11 is 2.74. The molecule has 3 aliphatic heterocycles. The molecule has 2 bridgehead atoms. The topological polar surface area (TPSA) is 79.3 Å². The number of thiophene rings is 2. The van der Waals surface area contributed by atoms with Crippen LogP contribution in [0.3, 0.4) is 0 Å². The number of carbonyl (C=O) groups is 1. The number of piperidine rings is 1. The van der Waals surface area contributed by atoms with Gasteiger partial charge in [-0.25, -0.2) is 4.79 Å². The van der Waals surface area contributed by atoms with Crippen LogP contribution in [-0.4, -0.2) is 71.8 Å². The molecule has 0 spiro atoms. The molecule has 9 heteroatoms. The molecule has 178 valence electrons. The number of hydrogen-bond acceptors (Lipinski definition) is 7. The van der Waals surface area contributed by atoms with Crippen molar-refractivity contribution in [3.05, 3.63) is 44.8 Å². The van der Waals surface area contributed by atoms with Crippen LogP contribution in [-0.2, 0) is 19.9 Å². The zero-order valence-electron chi connectivity index (χ0n) is 18.6. The standard InChI is InChI=1S/C19H22NO4S2.C4H10O.BrH/c1-20(2)12-9-11(10-13(20)17-16(12)24-17)23-18(21)19(22,14-5-3-7-25-14)15-6-4-8-26-15;1-2-3-4-5;/h3-8,11-13,16-17,22H,9-10H2,1-2H3;5H,2-4H2,1H3;1H/q+1;;/p-1/t11?,12-,13+,16-,17+;;. The van der Waals surface area contributed by atoms with Crippen LogP contribution in [0.25, 0.3) is 0 Å². The molecule has 3 aliphatic rings. The number of unbranched alkanes of at least 4 members (excludes halogenated alkanes) is 1. The number of esters is 1. The Bertz CT molecular complexity index is 817. The van der Waals surface area contributed by atoms with Gasteiger partial charge >= 0.3 is 5.97 Å². The normalized spacial score (nSPS) is 29.2. The molecule has 5 rings (SSSR count). The Morgan fingerprint density at radius 3 is 2.06 bits per heavy atom. The van der Waals surface area contributed by atoms with Crippen molar-refractivity contribution >= 4 is 28.6 Å². The molecular weight excluding hydrogens is 514 g/mol. The van der Waals surface area contributed by atoms with Gasteiger partial charge in [0.25, 0.3) is 0 Å². The number of hydrogen-bond donors (Lipinski definition) is 2. The number of quaternary nitrogens is 1. The van der Waals surface area contributed by atoms with Crippen LogP contribution in [0.15, 0.2) is 35.0 Å². The predicted molar refractivity (Wildman–Crippen MR) is 121 cm³/mol. The van der Waals surface area contributed by atoms with Gasteiger partial charge in [-0.2, -0.15) is 0 Å². The Kier molecular flexibility index (Phi) is 8.24. The zero-order chi connectivity index (χ0) is 22.2. The minimum Gasteiger partial charge on any atom is -1.00 e. The van der Waals surface area contributed by atoms with E-state index in [0.717, 1.165) is 30.2 Å². The second kappa shape index (κ2) is 10.2. The van der Waals surface area contributed by atoms with E-state index in [1.165, 1.54) is 22.7 Å². The number of nitrogens with zero attached hydrogens (tertiary/aromatic N) is 1. The van der Waals surface area contributed by atoms with Crippen LogP contribution >= 0.6 is 22.7 Å². The lowest BCUT2D eigenvalue weighted by atomic mass is 9.95. The number of ether oxygens (including phenoxy) is 2. The number of morpholine rings is 1. The van der Waals surface area contributed by atoms with Crippen molar-refractivity contribution in [1.82, 2.24) is 0 Å². The molecule has 5 heterocycles. The first kappa shape index (κ1) is 25.8. The van der Waals surface area contributed by atoms with Crippen LogP contribution in [0, 0.1) is 0 Å². The molecule has 6 nitrogen and oxygen atoms in total. The molecule has 0 saturated carbocycles. The molecule has 1 unspecified atom stereocenters. The number of halogens is 1. The van der Waals surface area contributed by atoms with Gasteiger partial charge in [0.2, 0.25) is 5.60 Å². The molecule has 2 aromatic heterocycles. The van der Waals surface area contributed by atoms with E-state index in [1.807, 2.05) is 22.9 Å². The van der Waals surface area contributed by atoms with E-state index in [9.17, 15) is 9.90 Å². The number of aliphatic hydroxyl groups is 2. The van der Waals surface area contributed by atoms with Gasteiger partial charge in [0.15, 0.2) is 0 Å². The van der Waals surface area contributed by atoms with Crippen molar-refractivity contribution in [1.29, 1.82) is 0 Å². The smallest absolute Gasteiger partial charge is 0.349 e. The van der Waals surface area contributed by atoms with E-state index in [-0.39, 0.29) is 23.1 Å². The van der Waals surface area contributed by atoms with Crippen LogP contribution in [0.4, 0.5) is 0 Å². The fraction of sp³-hybridized carbons (Fsp3) is 0.609. The summed E-state index contributed by atoms with van der Waals surface area (Å²) in [5, 5.41) is 23.2. The maximum atomic E-state index is 13.1. The number of rotatable bonds is 6. The highest BCUT2D eigenvalue weighted by Crippen LogP contribution is 2.52. The van der Waals surface area contributed by atoms with Crippen molar-refractivity contribution in [3.8, 4) is 0 Å². The third-order valence-electron chi connectivity index (χ3n) is 6.87. The Labute approximate surface area is 208 Å². The van der Waals surface area contributed by atoms with Gasteiger partial charge in [-0.1, -0.05) is 25.5 Å². The van der Waals surface area contributed by atoms with Crippen molar-refractivity contribution in [2.45, 2.75) is 68.6 Å². The third kappa shape index (κ3) is 4.58. The number of likely N-dealkylation sites (N-methyl/N-ethyl adjacent to an activating group) is 1. The lowest BCUT2D eigenvalue weighted by Gasteiger charge is -2.45. The summed E-state index contributed by atoms with van der Waals surface area (Å²) in [6.07, 6.45) is 4.09. The summed E-state index contributed by atoms with van der Waals surface area (Å²) in [5.74, 6) is -0.561. The first-order chi connectivity index (χ1) is 14.8. The van der Waals surface area contributed by atoms with E-state index >= 15 is 0 Å². The van der Waals surface area contributed by atoms with E-state index in [1.54, 1.807) is 12.1 Å². The van der Waals surface area contributed by atoms with Gasteiger partial charge in [-0.15, -0.1) is 22.7 Å². The van der Waals surface area contributed by atoms with Crippen molar-refractivity contribution < 1.29 is 45.9 Å². The van der Waals surface area contributed by atoms with E-state index in [2.05, 4.69) is 21.0 Å². The van der Waals surface area contributed by atoms with Gasteiger partial charge < -0.3 is 41.2 Å². The van der Waals surface area contributed by atoms with Gasteiger partial charge in [0.1, 0.15) is 30.4 Å². The quantitative estimate of drug-likeness (QED) is 0.306. The average Bonchev–Trinajstić information content (AvgIpc) is 3.10.